The topological polar surface area (TPSA) is 68.0 Å². The van der Waals surface area contributed by atoms with Crippen LogP contribution in [0, 0.1) is 13.8 Å². The Hall–Kier alpha value is -5.10. The van der Waals surface area contributed by atoms with E-state index in [2.05, 4.69) is 58.8 Å². The van der Waals surface area contributed by atoms with Crippen molar-refractivity contribution in [1.82, 2.24) is 20.0 Å². The number of hydrazone groups is 1. The highest BCUT2D eigenvalue weighted by atomic mass is 15.3. The maximum atomic E-state index is 4.85. The molecule has 0 aliphatic carbocycles. The lowest BCUT2D eigenvalue weighted by molar-refractivity contribution is 0.884. The Morgan fingerprint density at radius 1 is 0.684 bits per heavy atom. The van der Waals surface area contributed by atoms with Gasteiger partial charge in [-0.1, -0.05) is 84.9 Å². The molecule has 6 rings (SSSR count). The Kier molecular flexibility index (Phi) is 6.20. The molecule has 2 aromatic heterocycles. The first-order valence-corrected chi connectivity index (χ1v) is 12.5. The SMILES string of the molecule is Cc1ccc(-c2nnc(N/N=C/c3cn(-c4ccccc4)nc3-c3ccccc3)c3ccccc23)cc1C. The molecule has 6 nitrogen and oxygen atoms in total. The summed E-state index contributed by atoms with van der Waals surface area (Å²) in [6, 6.07) is 34.7. The largest absolute Gasteiger partial charge is 0.259 e. The third-order valence-electron chi connectivity index (χ3n) is 6.65. The highest BCUT2D eigenvalue weighted by Crippen LogP contribution is 2.31. The Morgan fingerprint density at radius 2 is 1.39 bits per heavy atom. The van der Waals surface area contributed by atoms with Crippen LogP contribution in [0.5, 0.6) is 0 Å². The van der Waals surface area contributed by atoms with Gasteiger partial charge in [0.15, 0.2) is 5.82 Å². The third-order valence-corrected chi connectivity index (χ3v) is 6.65. The van der Waals surface area contributed by atoms with E-state index in [4.69, 9.17) is 5.10 Å². The molecule has 0 atom stereocenters. The van der Waals surface area contributed by atoms with Crippen LogP contribution < -0.4 is 5.43 Å². The minimum Gasteiger partial charge on any atom is -0.259 e. The van der Waals surface area contributed by atoms with Gasteiger partial charge in [-0.25, -0.2) is 4.68 Å². The monoisotopic (exact) mass is 494 g/mol. The highest BCUT2D eigenvalue weighted by Gasteiger charge is 2.13. The fourth-order valence-electron chi connectivity index (χ4n) is 4.47. The summed E-state index contributed by atoms with van der Waals surface area (Å²) in [7, 11) is 0. The number of nitrogens with zero attached hydrogens (tertiary/aromatic N) is 5. The highest BCUT2D eigenvalue weighted by molar-refractivity contribution is 6.00. The molecule has 6 aromatic rings. The van der Waals surface area contributed by atoms with Crippen LogP contribution in [0.25, 0.3) is 39.0 Å². The van der Waals surface area contributed by atoms with Crippen molar-refractivity contribution in [3.05, 3.63) is 126 Å². The number of hydrogen-bond donors (Lipinski definition) is 1. The van der Waals surface area contributed by atoms with Crippen molar-refractivity contribution in [2.45, 2.75) is 13.8 Å². The summed E-state index contributed by atoms with van der Waals surface area (Å²) in [5, 5.41) is 20.5. The average molecular weight is 495 g/mol. The zero-order chi connectivity index (χ0) is 25.9. The van der Waals surface area contributed by atoms with Crippen molar-refractivity contribution in [3.8, 4) is 28.2 Å². The maximum absolute atomic E-state index is 4.85. The molecule has 6 heteroatoms. The van der Waals surface area contributed by atoms with Gasteiger partial charge in [-0.15, -0.1) is 10.2 Å². The molecule has 38 heavy (non-hydrogen) atoms. The van der Waals surface area contributed by atoms with Gasteiger partial charge in [-0.05, 0) is 43.2 Å². The fourth-order valence-corrected chi connectivity index (χ4v) is 4.47. The minimum absolute atomic E-state index is 0.598. The van der Waals surface area contributed by atoms with Crippen LogP contribution in [0.2, 0.25) is 0 Å². The number of aryl methyl sites for hydroxylation is 2. The van der Waals surface area contributed by atoms with Gasteiger partial charge in [0.1, 0.15) is 11.4 Å². The molecule has 0 saturated heterocycles. The van der Waals surface area contributed by atoms with Gasteiger partial charge in [0.2, 0.25) is 0 Å². The number of anilines is 1. The molecule has 0 amide bonds. The predicted molar refractivity (Wildman–Crippen MR) is 155 cm³/mol. The van der Waals surface area contributed by atoms with E-state index in [9.17, 15) is 0 Å². The zero-order valence-electron chi connectivity index (χ0n) is 21.2. The molecule has 0 saturated carbocycles. The van der Waals surface area contributed by atoms with Gasteiger partial charge < -0.3 is 0 Å². The minimum atomic E-state index is 0.598. The molecule has 0 unspecified atom stereocenters. The Morgan fingerprint density at radius 3 is 2.16 bits per heavy atom. The van der Waals surface area contributed by atoms with Gasteiger partial charge >= 0.3 is 0 Å². The van der Waals surface area contributed by atoms with Gasteiger partial charge in [-0.3, -0.25) is 5.43 Å². The van der Waals surface area contributed by atoms with E-state index < -0.39 is 0 Å². The Bertz CT molecular complexity index is 1750. The number of rotatable bonds is 6. The second-order valence-electron chi connectivity index (χ2n) is 9.19. The van der Waals surface area contributed by atoms with Crippen LogP contribution in [-0.4, -0.2) is 26.2 Å². The average Bonchev–Trinajstić information content (AvgIpc) is 3.40. The number of benzene rings is 4. The lowest BCUT2D eigenvalue weighted by Crippen LogP contribution is -1.99. The van der Waals surface area contributed by atoms with Crippen molar-refractivity contribution < 1.29 is 0 Å². The van der Waals surface area contributed by atoms with Crippen molar-refractivity contribution in [2.75, 3.05) is 5.43 Å². The summed E-state index contributed by atoms with van der Waals surface area (Å²) < 4.78 is 1.87. The molecule has 1 N–H and O–H groups in total. The molecule has 184 valence electrons. The summed E-state index contributed by atoms with van der Waals surface area (Å²) in [6.45, 7) is 4.23. The predicted octanol–water partition coefficient (Wildman–Crippen LogP) is 7.21. The van der Waals surface area contributed by atoms with Crippen LogP contribution in [0.1, 0.15) is 16.7 Å². The second-order valence-corrected chi connectivity index (χ2v) is 9.19. The van der Waals surface area contributed by atoms with Crippen LogP contribution in [-0.2, 0) is 0 Å². The van der Waals surface area contributed by atoms with Gasteiger partial charge in [-0.2, -0.15) is 10.2 Å². The number of nitrogens with one attached hydrogen (secondary N) is 1. The number of para-hydroxylation sites is 1. The van der Waals surface area contributed by atoms with Crippen molar-refractivity contribution in [3.63, 3.8) is 0 Å². The lowest BCUT2D eigenvalue weighted by atomic mass is 10.0. The van der Waals surface area contributed by atoms with Gasteiger partial charge in [0, 0.05) is 33.7 Å². The first-order valence-electron chi connectivity index (χ1n) is 12.5. The van der Waals surface area contributed by atoms with E-state index in [1.54, 1.807) is 6.21 Å². The van der Waals surface area contributed by atoms with E-state index in [0.29, 0.717) is 5.82 Å². The standard InChI is InChI=1S/C32H26N6/c1-22-17-18-25(19-23(22)2)31-28-15-9-10-16-29(28)32(36-34-31)35-33-20-26-21-38(27-13-7-4-8-14-27)37-30(26)24-11-5-3-6-12-24/h3-21H,1-2H3,(H,35,36)/b33-20+. The summed E-state index contributed by atoms with van der Waals surface area (Å²) >= 11 is 0. The summed E-state index contributed by atoms with van der Waals surface area (Å²) in [5.41, 5.74) is 11.2. The fraction of sp³-hybridized carbons (Fsp3) is 0.0625. The van der Waals surface area contributed by atoms with Gasteiger partial charge in [0.05, 0.1) is 11.9 Å². The lowest BCUT2D eigenvalue weighted by Gasteiger charge is -2.10. The van der Waals surface area contributed by atoms with E-state index in [0.717, 1.165) is 44.5 Å². The molecule has 4 aromatic carbocycles. The van der Waals surface area contributed by atoms with Crippen LogP contribution >= 0.6 is 0 Å². The quantitative estimate of drug-likeness (QED) is 0.196. The summed E-state index contributed by atoms with van der Waals surface area (Å²) in [5.74, 6) is 0.598. The molecule has 0 fully saturated rings. The molecule has 2 heterocycles. The first kappa shape index (κ1) is 23.3. The molecular weight excluding hydrogens is 468 g/mol. The summed E-state index contributed by atoms with van der Waals surface area (Å²) in [6.07, 6.45) is 3.76. The Balaban J connectivity index is 1.35. The Labute approximate surface area is 221 Å². The van der Waals surface area contributed by atoms with Gasteiger partial charge in [0.25, 0.3) is 0 Å². The first-order chi connectivity index (χ1) is 18.7. The number of hydrogen-bond acceptors (Lipinski definition) is 5. The summed E-state index contributed by atoms with van der Waals surface area (Å²) in [4.78, 5) is 0. The molecule has 0 bridgehead atoms. The molecule has 0 spiro atoms. The van der Waals surface area contributed by atoms with Crippen LogP contribution in [0.15, 0.2) is 114 Å². The van der Waals surface area contributed by atoms with Crippen LogP contribution in [0.3, 0.4) is 0 Å². The third kappa shape index (κ3) is 4.55. The second kappa shape index (κ2) is 10.1. The van der Waals surface area contributed by atoms with E-state index in [-0.39, 0.29) is 0 Å². The van der Waals surface area contributed by atoms with Crippen molar-refractivity contribution in [1.29, 1.82) is 0 Å². The molecular formula is C32H26N6. The molecule has 0 aliphatic rings. The van der Waals surface area contributed by atoms with E-state index in [1.165, 1.54) is 11.1 Å². The number of aromatic nitrogens is 4. The van der Waals surface area contributed by atoms with Crippen molar-refractivity contribution in [2.24, 2.45) is 5.10 Å². The maximum Gasteiger partial charge on any atom is 0.176 e. The molecule has 0 radical (unpaired) electrons. The van der Waals surface area contributed by atoms with Crippen molar-refractivity contribution >= 4 is 22.8 Å². The normalized spacial score (nSPS) is 11.3. The van der Waals surface area contributed by atoms with E-state index in [1.807, 2.05) is 89.7 Å². The van der Waals surface area contributed by atoms with Crippen LogP contribution in [0.4, 0.5) is 5.82 Å². The smallest absolute Gasteiger partial charge is 0.176 e. The number of fused-ring (bicyclic) bond motifs is 1. The molecule has 0 aliphatic heterocycles. The zero-order valence-corrected chi connectivity index (χ0v) is 21.2. The van der Waals surface area contributed by atoms with E-state index >= 15 is 0 Å².